The van der Waals surface area contributed by atoms with E-state index in [2.05, 4.69) is 0 Å². The van der Waals surface area contributed by atoms with Crippen molar-refractivity contribution in [3.63, 3.8) is 0 Å². The zero-order valence-electron chi connectivity index (χ0n) is 4.63. The lowest BCUT2D eigenvalue weighted by atomic mass is 10.6. The molecule has 0 aliphatic heterocycles. The molecule has 0 saturated heterocycles. The Kier molecular flexibility index (Phi) is 3.38. The van der Waals surface area contributed by atoms with E-state index >= 15 is 0 Å². The molecule has 5 nitrogen and oxygen atoms in total. The maximum absolute atomic E-state index is 10.1. The Balaban J connectivity index is 3.39. The number of aliphatic hydroxyl groups is 1. The molecular formula is C4H7NO4. The first-order valence-corrected chi connectivity index (χ1v) is 2.30. The quantitative estimate of drug-likeness (QED) is 0.387. The molecule has 0 unspecified atom stereocenters. The van der Waals surface area contributed by atoms with Crippen molar-refractivity contribution in [3.05, 3.63) is 0 Å². The van der Waals surface area contributed by atoms with Crippen molar-refractivity contribution in [2.45, 2.75) is 0 Å². The predicted octanol–water partition coefficient (Wildman–Crippen LogP) is -1.82. The molecule has 0 saturated carbocycles. The maximum atomic E-state index is 10.1. The van der Waals surface area contributed by atoms with Gasteiger partial charge in [0, 0.05) is 6.54 Å². The van der Waals surface area contributed by atoms with Crippen LogP contribution in [-0.4, -0.2) is 35.2 Å². The lowest BCUT2D eigenvalue weighted by molar-refractivity contribution is -0.150. The number of hydrogen-bond donors (Lipinski definition) is 3. The van der Waals surface area contributed by atoms with E-state index in [1.165, 1.54) is 0 Å². The second kappa shape index (κ2) is 3.85. The van der Waals surface area contributed by atoms with Gasteiger partial charge in [-0.3, -0.25) is 4.79 Å². The van der Waals surface area contributed by atoms with Crippen LogP contribution >= 0.6 is 0 Å². The zero-order valence-corrected chi connectivity index (χ0v) is 4.63. The van der Waals surface area contributed by atoms with Gasteiger partial charge in [0.15, 0.2) is 0 Å². The minimum atomic E-state index is -1.54. The predicted molar refractivity (Wildman–Crippen MR) is 27.7 cm³/mol. The number of carboxylic acid groups (broad SMARTS) is 1. The van der Waals surface area contributed by atoms with E-state index in [0.29, 0.717) is 0 Å². The van der Waals surface area contributed by atoms with Crippen molar-refractivity contribution >= 4 is 11.9 Å². The van der Waals surface area contributed by atoms with Gasteiger partial charge in [0.25, 0.3) is 0 Å². The molecule has 0 aromatic heterocycles. The van der Waals surface area contributed by atoms with Crippen LogP contribution in [0.2, 0.25) is 0 Å². The van der Waals surface area contributed by atoms with Gasteiger partial charge in [-0.2, -0.15) is 0 Å². The van der Waals surface area contributed by atoms with Gasteiger partial charge in [-0.25, -0.2) is 4.79 Å². The summed E-state index contributed by atoms with van der Waals surface area (Å²) in [4.78, 5) is 19.8. The molecule has 52 valence electrons. The highest BCUT2D eigenvalue weighted by atomic mass is 16.4. The number of rotatable bonds is 2. The van der Waals surface area contributed by atoms with Gasteiger partial charge < -0.3 is 15.5 Å². The van der Waals surface area contributed by atoms with E-state index in [1.54, 1.807) is 0 Å². The normalized spacial score (nSPS) is 8.56. The van der Waals surface area contributed by atoms with Crippen LogP contribution in [0.5, 0.6) is 0 Å². The van der Waals surface area contributed by atoms with E-state index < -0.39 is 11.9 Å². The number of carbonyl (C=O) groups excluding carboxylic acids is 1. The summed E-state index contributed by atoms with van der Waals surface area (Å²) in [7, 11) is 0. The second-order valence-corrected chi connectivity index (χ2v) is 1.28. The topological polar surface area (TPSA) is 86.6 Å². The molecule has 0 fully saturated rings. The highest BCUT2D eigenvalue weighted by molar-refractivity contribution is 6.31. The van der Waals surface area contributed by atoms with Gasteiger partial charge in [0.1, 0.15) is 0 Å². The Morgan fingerprint density at radius 3 is 2.33 bits per heavy atom. The van der Waals surface area contributed by atoms with Gasteiger partial charge >= 0.3 is 11.9 Å². The molecule has 9 heavy (non-hydrogen) atoms. The van der Waals surface area contributed by atoms with Crippen LogP contribution < -0.4 is 5.32 Å². The smallest absolute Gasteiger partial charge is 0.394 e. The first kappa shape index (κ1) is 7.90. The van der Waals surface area contributed by atoms with E-state index in [-0.39, 0.29) is 13.2 Å². The zero-order chi connectivity index (χ0) is 7.28. The number of amides is 1. The van der Waals surface area contributed by atoms with Gasteiger partial charge in [-0.15, -0.1) is 0 Å². The summed E-state index contributed by atoms with van der Waals surface area (Å²) in [5.41, 5.74) is 0. The number of carboxylic acids is 1. The Bertz CT molecular complexity index is 122. The van der Waals surface area contributed by atoms with Crippen molar-refractivity contribution < 1.29 is 19.8 Å². The Labute approximate surface area is 51.3 Å². The fourth-order valence-electron chi connectivity index (χ4n) is 0.245. The second-order valence-electron chi connectivity index (χ2n) is 1.28. The molecule has 5 heteroatoms. The maximum Gasteiger partial charge on any atom is 0.394 e. The van der Waals surface area contributed by atoms with Gasteiger partial charge in [-0.05, 0) is 0 Å². The van der Waals surface area contributed by atoms with Crippen LogP contribution in [0, 0.1) is 0 Å². The van der Waals surface area contributed by atoms with Crippen LogP contribution in [0.3, 0.4) is 0 Å². The summed E-state index contributed by atoms with van der Waals surface area (Å²) in [5.74, 6) is -2.63. The molecule has 0 bridgehead atoms. The van der Waals surface area contributed by atoms with Crippen molar-refractivity contribution in [1.82, 2.24) is 5.32 Å². The minimum Gasteiger partial charge on any atom is -0.474 e. The Morgan fingerprint density at radius 2 is 2.00 bits per heavy atom. The summed E-state index contributed by atoms with van der Waals surface area (Å²) < 4.78 is 0. The third-order valence-electron chi connectivity index (χ3n) is 0.592. The number of aliphatic hydroxyl groups excluding tert-OH is 1. The molecule has 0 aromatic rings. The lowest BCUT2D eigenvalue weighted by Gasteiger charge is -1.94. The molecule has 0 aliphatic carbocycles. The molecule has 0 atom stereocenters. The van der Waals surface area contributed by atoms with Crippen molar-refractivity contribution in [2.24, 2.45) is 0 Å². The molecule has 0 radical (unpaired) electrons. The Morgan fingerprint density at radius 1 is 1.44 bits per heavy atom. The van der Waals surface area contributed by atoms with Crippen LogP contribution in [0.4, 0.5) is 0 Å². The van der Waals surface area contributed by atoms with Crippen LogP contribution in [-0.2, 0) is 9.59 Å². The molecule has 0 rings (SSSR count). The number of aliphatic carboxylic acids is 1. The van der Waals surface area contributed by atoms with E-state index in [9.17, 15) is 9.59 Å². The first-order chi connectivity index (χ1) is 4.18. The van der Waals surface area contributed by atoms with E-state index in [1.807, 2.05) is 5.32 Å². The van der Waals surface area contributed by atoms with Crippen molar-refractivity contribution in [2.75, 3.05) is 13.2 Å². The van der Waals surface area contributed by atoms with Crippen LogP contribution in [0.25, 0.3) is 0 Å². The monoisotopic (exact) mass is 133 g/mol. The largest absolute Gasteiger partial charge is 0.474 e. The van der Waals surface area contributed by atoms with Gasteiger partial charge in [0.05, 0.1) is 6.61 Å². The molecular weight excluding hydrogens is 126 g/mol. The average molecular weight is 133 g/mol. The number of carbonyl (C=O) groups is 2. The summed E-state index contributed by atoms with van der Waals surface area (Å²) in [5, 5.41) is 17.9. The van der Waals surface area contributed by atoms with E-state index in [4.69, 9.17) is 10.2 Å². The van der Waals surface area contributed by atoms with E-state index in [0.717, 1.165) is 0 Å². The Hall–Kier alpha value is -1.10. The standard InChI is InChI=1S/C4H7NO4/c6-2-1-5-3(7)4(8)9/h6H,1-2H2,(H,5,7)(H,8,9). The summed E-state index contributed by atoms with van der Waals surface area (Å²) >= 11 is 0. The lowest BCUT2D eigenvalue weighted by Crippen LogP contribution is -2.32. The third-order valence-corrected chi connectivity index (χ3v) is 0.592. The van der Waals surface area contributed by atoms with Crippen molar-refractivity contribution in [3.8, 4) is 0 Å². The molecule has 0 aliphatic rings. The number of hydrogen-bond acceptors (Lipinski definition) is 3. The number of nitrogens with one attached hydrogen (secondary N) is 1. The summed E-state index contributed by atoms with van der Waals surface area (Å²) in [6.07, 6.45) is 0. The molecule has 3 N–H and O–H groups in total. The average Bonchev–Trinajstić information content (AvgIpc) is 1.82. The minimum absolute atomic E-state index is 0.0227. The van der Waals surface area contributed by atoms with Crippen LogP contribution in [0.1, 0.15) is 0 Å². The summed E-state index contributed by atoms with van der Waals surface area (Å²) in [6, 6.07) is 0. The fraction of sp³-hybridized carbons (Fsp3) is 0.500. The highest BCUT2D eigenvalue weighted by Crippen LogP contribution is 1.63. The first-order valence-electron chi connectivity index (χ1n) is 2.30. The SMILES string of the molecule is O=C(O)C(=O)NCCO. The third kappa shape index (κ3) is 3.48. The summed E-state index contributed by atoms with van der Waals surface area (Å²) in [6.45, 7) is -0.274. The van der Waals surface area contributed by atoms with Gasteiger partial charge in [0.2, 0.25) is 0 Å². The molecule has 0 heterocycles. The fourth-order valence-corrected chi connectivity index (χ4v) is 0.245. The molecule has 0 spiro atoms. The van der Waals surface area contributed by atoms with Crippen molar-refractivity contribution in [1.29, 1.82) is 0 Å². The highest BCUT2D eigenvalue weighted by Gasteiger charge is 2.07. The van der Waals surface area contributed by atoms with Crippen LogP contribution in [0.15, 0.2) is 0 Å². The molecule has 1 amide bonds. The van der Waals surface area contributed by atoms with Gasteiger partial charge in [-0.1, -0.05) is 0 Å². The molecule has 0 aromatic carbocycles.